The van der Waals surface area contributed by atoms with Crippen LogP contribution in [0.5, 0.6) is 0 Å². The molecule has 6 heteroatoms. The van der Waals surface area contributed by atoms with Crippen molar-refractivity contribution in [3.05, 3.63) is 54.4 Å². The van der Waals surface area contributed by atoms with Gasteiger partial charge in [-0.25, -0.2) is 8.42 Å². The molecule has 0 atom stereocenters. The molecule has 5 nitrogen and oxygen atoms in total. The topological polar surface area (TPSA) is 79.3 Å². The van der Waals surface area contributed by atoms with Crippen LogP contribution >= 0.6 is 0 Å². The van der Waals surface area contributed by atoms with Crippen molar-refractivity contribution in [1.82, 2.24) is 4.98 Å². The van der Waals surface area contributed by atoms with Crippen LogP contribution in [0.3, 0.4) is 0 Å². The van der Waals surface area contributed by atoms with Crippen molar-refractivity contribution >= 4 is 15.7 Å². The maximum atomic E-state index is 12.2. The predicted octanol–water partition coefficient (Wildman–Crippen LogP) is 1.23. The number of benzene rings is 1. The summed E-state index contributed by atoms with van der Waals surface area (Å²) in [5.41, 5.74) is 0.898. The second kappa shape index (κ2) is 6.19. The number of rotatable bonds is 3. The minimum Gasteiger partial charge on any atom is -0.384 e. The molecule has 0 aliphatic carbocycles. The molecule has 2 N–H and O–H groups in total. The van der Waals surface area contributed by atoms with Crippen molar-refractivity contribution in [3.63, 3.8) is 0 Å². The molecule has 102 valence electrons. The van der Waals surface area contributed by atoms with Crippen molar-refractivity contribution < 1.29 is 13.5 Å². The van der Waals surface area contributed by atoms with E-state index >= 15 is 0 Å². The number of aromatic nitrogens is 1. The molecule has 20 heavy (non-hydrogen) atoms. The van der Waals surface area contributed by atoms with Gasteiger partial charge >= 0.3 is 0 Å². The highest BCUT2D eigenvalue weighted by molar-refractivity contribution is 7.92. The van der Waals surface area contributed by atoms with Crippen molar-refractivity contribution in [1.29, 1.82) is 0 Å². The lowest BCUT2D eigenvalue weighted by molar-refractivity contribution is 0.350. The zero-order valence-electron chi connectivity index (χ0n) is 10.4. The third-order valence-electron chi connectivity index (χ3n) is 2.36. The predicted molar refractivity (Wildman–Crippen MR) is 75.5 cm³/mol. The van der Waals surface area contributed by atoms with Crippen LogP contribution in [0, 0.1) is 11.8 Å². The lowest BCUT2D eigenvalue weighted by Crippen LogP contribution is -2.13. The standard InChI is InChI=1S/C14H12N2O3S/c17-8-4-5-12-9-14(11-15-10-12)20(18,19)16-13-6-2-1-3-7-13/h1-3,6-7,9-11,16-17H,8H2. The smallest absolute Gasteiger partial charge is 0.263 e. The van der Waals surface area contributed by atoms with E-state index in [2.05, 4.69) is 21.5 Å². The molecule has 0 fully saturated rings. The molecule has 1 aromatic heterocycles. The first-order valence-electron chi connectivity index (χ1n) is 5.74. The largest absolute Gasteiger partial charge is 0.384 e. The second-order valence-corrected chi connectivity index (χ2v) is 5.52. The van der Waals surface area contributed by atoms with Gasteiger partial charge < -0.3 is 5.11 Å². The summed E-state index contributed by atoms with van der Waals surface area (Å²) in [6.45, 7) is -0.292. The van der Waals surface area contributed by atoms with Gasteiger partial charge in [-0.15, -0.1) is 0 Å². The number of pyridine rings is 1. The zero-order chi connectivity index (χ0) is 14.4. The van der Waals surface area contributed by atoms with Gasteiger partial charge in [-0.3, -0.25) is 9.71 Å². The number of aliphatic hydroxyl groups is 1. The molecule has 1 aromatic carbocycles. The number of anilines is 1. The van der Waals surface area contributed by atoms with Crippen LogP contribution in [-0.4, -0.2) is 25.1 Å². The minimum absolute atomic E-state index is 0.0195. The van der Waals surface area contributed by atoms with Crippen molar-refractivity contribution in [2.45, 2.75) is 4.90 Å². The summed E-state index contributed by atoms with van der Waals surface area (Å²) in [6.07, 6.45) is 2.68. The Morgan fingerprint density at radius 2 is 1.95 bits per heavy atom. The fourth-order valence-electron chi connectivity index (χ4n) is 1.50. The van der Waals surface area contributed by atoms with Gasteiger partial charge in [0.25, 0.3) is 10.0 Å². The van der Waals surface area contributed by atoms with Crippen LogP contribution in [0.15, 0.2) is 53.7 Å². The Bertz CT molecular complexity index is 747. The van der Waals surface area contributed by atoms with E-state index in [1.54, 1.807) is 30.3 Å². The molecule has 2 aromatic rings. The minimum atomic E-state index is -3.70. The van der Waals surface area contributed by atoms with Gasteiger partial charge in [0.1, 0.15) is 11.5 Å². The van der Waals surface area contributed by atoms with E-state index in [-0.39, 0.29) is 11.5 Å². The second-order valence-electron chi connectivity index (χ2n) is 3.84. The fraction of sp³-hybridized carbons (Fsp3) is 0.0714. The van der Waals surface area contributed by atoms with Crippen LogP contribution in [0.25, 0.3) is 0 Å². The average molecular weight is 288 g/mol. The number of aliphatic hydroxyl groups excluding tert-OH is 1. The molecule has 0 saturated heterocycles. The van der Waals surface area contributed by atoms with E-state index in [0.717, 1.165) is 0 Å². The van der Waals surface area contributed by atoms with E-state index in [0.29, 0.717) is 11.3 Å². The number of nitrogens with zero attached hydrogens (tertiary/aromatic N) is 1. The Balaban J connectivity index is 2.30. The number of sulfonamides is 1. The maximum absolute atomic E-state index is 12.2. The molecule has 2 rings (SSSR count). The van der Waals surface area contributed by atoms with Crippen molar-refractivity contribution in [2.24, 2.45) is 0 Å². The third-order valence-corrected chi connectivity index (χ3v) is 3.71. The molecule has 0 aliphatic rings. The summed E-state index contributed by atoms with van der Waals surface area (Å²) < 4.78 is 26.8. The van der Waals surface area contributed by atoms with Gasteiger partial charge in [0.15, 0.2) is 0 Å². The molecule has 0 saturated carbocycles. The molecule has 0 spiro atoms. The molecule has 0 unspecified atom stereocenters. The van der Waals surface area contributed by atoms with Crippen LogP contribution < -0.4 is 4.72 Å². The summed E-state index contributed by atoms with van der Waals surface area (Å²) in [5.74, 6) is 5.06. The van der Waals surface area contributed by atoms with E-state index in [4.69, 9.17) is 5.11 Å². The van der Waals surface area contributed by atoms with E-state index < -0.39 is 10.0 Å². The van der Waals surface area contributed by atoms with E-state index in [1.807, 2.05) is 0 Å². The first kappa shape index (κ1) is 14.1. The monoisotopic (exact) mass is 288 g/mol. The molecule has 0 bridgehead atoms. The Morgan fingerprint density at radius 1 is 1.20 bits per heavy atom. The summed E-state index contributed by atoms with van der Waals surface area (Å²) in [4.78, 5) is 3.86. The van der Waals surface area contributed by atoms with Crippen LogP contribution in [0.4, 0.5) is 5.69 Å². The summed E-state index contributed by atoms with van der Waals surface area (Å²) in [5, 5.41) is 8.63. The lowest BCUT2D eigenvalue weighted by Gasteiger charge is -2.07. The summed E-state index contributed by atoms with van der Waals surface area (Å²) >= 11 is 0. The number of hydrogen-bond acceptors (Lipinski definition) is 4. The normalized spacial score (nSPS) is 10.4. The molecule has 0 amide bonds. The highest BCUT2D eigenvalue weighted by Crippen LogP contribution is 2.15. The molecular formula is C14H12N2O3S. The quantitative estimate of drug-likeness (QED) is 0.832. The van der Waals surface area contributed by atoms with E-state index in [1.165, 1.54) is 18.5 Å². The van der Waals surface area contributed by atoms with Gasteiger partial charge in [-0.2, -0.15) is 0 Å². The van der Waals surface area contributed by atoms with Crippen molar-refractivity contribution in [3.8, 4) is 11.8 Å². The third kappa shape index (κ3) is 3.57. The zero-order valence-corrected chi connectivity index (χ0v) is 11.3. The van der Waals surface area contributed by atoms with E-state index in [9.17, 15) is 8.42 Å². The Hall–Kier alpha value is -2.36. The van der Waals surface area contributed by atoms with Gasteiger partial charge in [0.05, 0.1) is 0 Å². The number of nitrogens with one attached hydrogen (secondary N) is 1. The molecule has 0 aliphatic heterocycles. The van der Waals surface area contributed by atoms with Gasteiger partial charge in [0, 0.05) is 23.6 Å². The fourth-order valence-corrected chi connectivity index (χ4v) is 2.54. The van der Waals surface area contributed by atoms with Gasteiger partial charge in [-0.05, 0) is 18.2 Å². The summed E-state index contributed by atoms with van der Waals surface area (Å²) in [6, 6.07) is 9.98. The van der Waals surface area contributed by atoms with Crippen LogP contribution in [0.1, 0.15) is 5.56 Å². The maximum Gasteiger partial charge on any atom is 0.263 e. The molecule has 1 heterocycles. The number of para-hydroxylation sites is 1. The average Bonchev–Trinajstić information content (AvgIpc) is 2.46. The Morgan fingerprint density at radius 3 is 2.65 bits per heavy atom. The highest BCUT2D eigenvalue weighted by atomic mass is 32.2. The summed E-state index contributed by atoms with van der Waals surface area (Å²) in [7, 11) is -3.70. The van der Waals surface area contributed by atoms with Gasteiger partial charge in [0.2, 0.25) is 0 Å². The Kier molecular flexibility index (Phi) is 4.35. The first-order valence-corrected chi connectivity index (χ1v) is 7.23. The first-order chi connectivity index (χ1) is 9.62. The van der Waals surface area contributed by atoms with Crippen LogP contribution in [0.2, 0.25) is 0 Å². The highest BCUT2D eigenvalue weighted by Gasteiger charge is 2.14. The van der Waals surface area contributed by atoms with Crippen LogP contribution in [-0.2, 0) is 10.0 Å². The van der Waals surface area contributed by atoms with Gasteiger partial charge in [-0.1, -0.05) is 30.0 Å². The SMILES string of the molecule is O=S(=O)(Nc1ccccc1)c1cncc(C#CCO)c1. The molecular weight excluding hydrogens is 276 g/mol. The van der Waals surface area contributed by atoms with Crippen molar-refractivity contribution in [2.75, 3.05) is 11.3 Å². The number of hydrogen-bond donors (Lipinski definition) is 2. The molecule has 0 radical (unpaired) electrons. The Labute approximate surface area is 117 Å². The lowest BCUT2D eigenvalue weighted by atomic mass is 10.3.